The summed E-state index contributed by atoms with van der Waals surface area (Å²) in [5.74, 6) is 0. The monoisotopic (exact) mass is 447 g/mol. The number of anilines is 1. The van der Waals surface area contributed by atoms with E-state index in [0.29, 0.717) is 17.7 Å². The summed E-state index contributed by atoms with van der Waals surface area (Å²) in [6, 6.07) is 12.5. The van der Waals surface area contributed by atoms with Gasteiger partial charge in [-0.05, 0) is 37.8 Å². The second kappa shape index (κ2) is 8.31. The van der Waals surface area contributed by atoms with Crippen molar-refractivity contribution in [1.82, 2.24) is 10.2 Å². The Balaban J connectivity index is 1.72. The number of hydrogen-bond donors (Lipinski definition) is 2. The predicted octanol–water partition coefficient (Wildman–Crippen LogP) is 4.19. The van der Waals surface area contributed by atoms with Crippen LogP contribution < -0.4 is 10.2 Å². The van der Waals surface area contributed by atoms with Crippen LogP contribution in [0.1, 0.15) is 37.0 Å². The van der Waals surface area contributed by atoms with Crippen LogP contribution in [0.25, 0.3) is 0 Å². The van der Waals surface area contributed by atoms with E-state index in [1.54, 1.807) is 15.9 Å². The molecule has 2 amide bonds. The van der Waals surface area contributed by atoms with Crippen LogP contribution in [0.15, 0.2) is 48.5 Å². The van der Waals surface area contributed by atoms with E-state index in [9.17, 15) is 23.1 Å². The molecule has 2 aliphatic rings. The maximum atomic E-state index is 14.4. The van der Waals surface area contributed by atoms with Gasteiger partial charge in [-0.25, -0.2) is 4.79 Å². The SMILES string of the molecule is CC(C)NC(=O)N1CCN2c3c(cccc3C(O)(C(F)(F)F)C2CCc2ccccc2)C1. The highest BCUT2D eigenvalue weighted by molar-refractivity contribution is 5.76. The Morgan fingerprint density at radius 3 is 2.53 bits per heavy atom. The molecular formula is C24H28F3N3O2. The van der Waals surface area contributed by atoms with E-state index in [2.05, 4.69) is 5.32 Å². The van der Waals surface area contributed by atoms with Crippen molar-refractivity contribution in [1.29, 1.82) is 0 Å². The fourth-order valence-corrected chi connectivity index (χ4v) is 4.87. The second-order valence-corrected chi connectivity index (χ2v) is 8.84. The first kappa shape index (κ1) is 22.5. The van der Waals surface area contributed by atoms with Crippen molar-refractivity contribution in [2.24, 2.45) is 0 Å². The molecule has 32 heavy (non-hydrogen) atoms. The van der Waals surface area contributed by atoms with Gasteiger partial charge in [0.2, 0.25) is 5.60 Å². The van der Waals surface area contributed by atoms with Gasteiger partial charge in [-0.15, -0.1) is 0 Å². The molecule has 0 bridgehead atoms. The largest absolute Gasteiger partial charge is 0.423 e. The molecule has 2 atom stereocenters. The molecule has 2 aromatic carbocycles. The van der Waals surface area contributed by atoms with Gasteiger partial charge in [-0.1, -0.05) is 48.5 Å². The molecule has 5 nitrogen and oxygen atoms in total. The van der Waals surface area contributed by atoms with Crippen LogP contribution in [0, 0.1) is 0 Å². The Kier molecular flexibility index (Phi) is 5.83. The first-order valence-corrected chi connectivity index (χ1v) is 10.9. The third kappa shape index (κ3) is 3.81. The van der Waals surface area contributed by atoms with E-state index in [4.69, 9.17) is 0 Å². The maximum absolute atomic E-state index is 14.4. The number of aryl methyl sites for hydroxylation is 1. The van der Waals surface area contributed by atoms with Crippen LogP contribution in [0.5, 0.6) is 0 Å². The van der Waals surface area contributed by atoms with Gasteiger partial charge in [0.1, 0.15) is 0 Å². The number of para-hydroxylation sites is 1. The first-order valence-electron chi connectivity index (χ1n) is 10.9. The molecule has 2 aliphatic heterocycles. The van der Waals surface area contributed by atoms with Crippen molar-refractivity contribution in [3.8, 4) is 0 Å². The number of aliphatic hydroxyl groups is 1. The molecular weight excluding hydrogens is 419 g/mol. The lowest BCUT2D eigenvalue weighted by atomic mass is 9.85. The topological polar surface area (TPSA) is 55.8 Å². The Hall–Kier alpha value is -2.74. The summed E-state index contributed by atoms with van der Waals surface area (Å²) in [4.78, 5) is 15.9. The van der Waals surface area contributed by atoms with Crippen molar-refractivity contribution >= 4 is 11.7 Å². The van der Waals surface area contributed by atoms with Gasteiger partial charge in [-0.3, -0.25) is 0 Å². The summed E-state index contributed by atoms with van der Waals surface area (Å²) in [5, 5.41) is 14.1. The average molecular weight is 448 g/mol. The number of carbonyl (C=O) groups is 1. The lowest BCUT2D eigenvalue weighted by Crippen LogP contribution is -2.55. The van der Waals surface area contributed by atoms with Crippen molar-refractivity contribution in [2.75, 3.05) is 18.0 Å². The Bertz CT molecular complexity index is 980. The summed E-state index contributed by atoms with van der Waals surface area (Å²) in [6.45, 7) is 4.40. The maximum Gasteiger partial charge on any atom is 0.423 e. The molecule has 0 spiro atoms. The molecule has 0 aromatic heterocycles. The van der Waals surface area contributed by atoms with Gasteiger partial charge in [0.25, 0.3) is 0 Å². The van der Waals surface area contributed by atoms with Crippen LogP contribution in [-0.2, 0) is 18.6 Å². The second-order valence-electron chi connectivity index (χ2n) is 8.84. The van der Waals surface area contributed by atoms with Crippen molar-refractivity contribution < 1.29 is 23.1 Å². The Morgan fingerprint density at radius 2 is 1.88 bits per heavy atom. The number of benzene rings is 2. The normalized spacial score (nSPS) is 22.7. The zero-order valence-electron chi connectivity index (χ0n) is 18.2. The highest BCUT2D eigenvalue weighted by Gasteiger charge is 2.66. The van der Waals surface area contributed by atoms with Gasteiger partial charge < -0.3 is 20.2 Å². The van der Waals surface area contributed by atoms with E-state index in [1.807, 2.05) is 44.2 Å². The molecule has 2 unspecified atom stereocenters. The molecule has 4 rings (SSSR count). The minimum atomic E-state index is -4.83. The number of urea groups is 1. The van der Waals surface area contributed by atoms with Crippen LogP contribution in [-0.4, -0.2) is 47.4 Å². The highest BCUT2D eigenvalue weighted by Crippen LogP contribution is 2.55. The Morgan fingerprint density at radius 1 is 1.16 bits per heavy atom. The van der Waals surface area contributed by atoms with Crippen LogP contribution in [0.4, 0.5) is 23.7 Å². The third-order valence-corrected chi connectivity index (χ3v) is 6.33. The molecule has 172 valence electrons. The molecule has 2 N–H and O–H groups in total. The fraction of sp³-hybridized carbons (Fsp3) is 0.458. The quantitative estimate of drug-likeness (QED) is 0.739. The minimum absolute atomic E-state index is 0.0468. The number of halogens is 3. The van der Waals surface area contributed by atoms with Gasteiger partial charge in [0.05, 0.1) is 6.04 Å². The number of nitrogens with zero attached hydrogens (tertiary/aromatic N) is 2. The van der Waals surface area contributed by atoms with Crippen LogP contribution in [0.3, 0.4) is 0 Å². The number of rotatable bonds is 4. The molecule has 0 saturated heterocycles. The van der Waals surface area contributed by atoms with Crippen LogP contribution in [0.2, 0.25) is 0 Å². The van der Waals surface area contributed by atoms with E-state index in [0.717, 1.165) is 5.56 Å². The molecule has 2 heterocycles. The zero-order chi connectivity index (χ0) is 23.1. The zero-order valence-corrected chi connectivity index (χ0v) is 18.2. The fourth-order valence-electron chi connectivity index (χ4n) is 4.87. The smallest absolute Gasteiger partial charge is 0.375 e. The number of nitrogens with one attached hydrogen (secondary N) is 1. The lowest BCUT2D eigenvalue weighted by molar-refractivity contribution is -0.271. The number of carbonyl (C=O) groups excluding carboxylic acids is 1. The molecule has 0 aliphatic carbocycles. The van der Waals surface area contributed by atoms with E-state index in [-0.39, 0.29) is 43.7 Å². The highest BCUT2D eigenvalue weighted by atomic mass is 19.4. The van der Waals surface area contributed by atoms with Crippen molar-refractivity contribution in [3.63, 3.8) is 0 Å². The number of amides is 2. The molecule has 0 fully saturated rings. The predicted molar refractivity (Wildman–Crippen MR) is 116 cm³/mol. The van der Waals surface area contributed by atoms with E-state index >= 15 is 0 Å². The summed E-state index contributed by atoms with van der Waals surface area (Å²) in [6.07, 6.45) is -4.29. The molecule has 0 saturated carbocycles. The van der Waals surface area contributed by atoms with Crippen molar-refractivity contribution in [2.45, 2.75) is 57.1 Å². The standard InChI is InChI=1S/C24H28F3N3O2/c1-16(2)28-22(31)29-13-14-30-20(12-11-17-7-4-3-5-8-17)23(32,24(25,26)27)19-10-6-9-18(15-29)21(19)30/h3-10,16,20,32H,11-15H2,1-2H3,(H,28,31). The average Bonchev–Trinajstić information content (AvgIpc) is 2.86. The Labute approximate surface area is 185 Å². The lowest BCUT2D eigenvalue weighted by Gasteiger charge is -2.37. The minimum Gasteiger partial charge on any atom is -0.375 e. The summed E-state index contributed by atoms with van der Waals surface area (Å²) in [5.41, 5.74) is -1.14. The summed E-state index contributed by atoms with van der Waals surface area (Å²) in [7, 11) is 0. The molecule has 8 heteroatoms. The van der Waals surface area contributed by atoms with Crippen molar-refractivity contribution in [3.05, 3.63) is 65.2 Å². The summed E-state index contributed by atoms with van der Waals surface area (Å²) >= 11 is 0. The van der Waals surface area contributed by atoms with Gasteiger partial charge in [0, 0.05) is 36.9 Å². The number of hydrogen-bond acceptors (Lipinski definition) is 3. The van der Waals surface area contributed by atoms with Crippen LogP contribution >= 0.6 is 0 Å². The summed E-state index contributed by atoms with van der Waals surface area (Å²) < 4.78 is 43.1. The van der Waals surface area contributed by atoms with E-state index in [1.165, 1.54) is 12.1 Å². The van der Waals surface area contributed by atoms with E-state index < -0.39 is 17.8 Å². The number of alkyl halides is 3. The van der Waals surface area contributed by atoms with Gasteiger partial charge in [0.15, 0.2) is 0 Å². The third-order valence-electron chi connectivity index (χ3n) is 6.33. The molecule has 0 radical (unpaired) electrons. The van der Waals surface area contributed by atoms with Gasteiger partial charge in [-0.2, -0.15) is 13.2 Å². The van der Waals surface area contributed by atoms with Gasteiger partial charge >= 0.3 is 12.2 Å². The molecule has 2 aromatic rings. The first-order chi connectivity index (χ1) is 15.1.